The van der Waals surface area contributed by atoms with Crippen LogP contribution in [0.5, 0.6) is 0 Å². The summed E-state index contributed by atoms with van der Waals surface area (Å²) in [6.07, 6.45) is 3.20. The molecule has 0 spiro atoms. The van der Waals surface area contributed by atoms with Crippen LogP contribution in [0.15, 0.2) is 60.7 Å². The molecule has 0 radical (unpaired) electrons. The standard InChI is InChI=1S/C21H21F2N/c22-21(23)17-8-4-7-16(11-17)18-12-19-9-10-20(13-18)24(19)14-15-5-2-1-3-6-15/h1-8,11-12,19-21H,9-10,13-14H2. The van der Waals surface area contributed by atoms with E-state index in [1.54, 1.807) is 12.1 Å². The highest BCUT2D eigenvalue weighted by atomic mass is 19.3. The monoisotopic (exact) mass is 325 g/mol. The van der Waals surface area contributed by atoms with Gasteiger partial charge in [-0.15, -0.1) is 0 Å². The highest BCUT2D eigenvalue weighted by molar-refractivity contribution is 5.68. The van der Waals surface area contributed by atoms with Crippen molar-refractivity contribution in [3.05, 3.63) is 77.4 Å². The third-order valence-electron chi connectivity index (χ3n) is 5.26. The van der Waals surface area contributed by atoms with E-state index in [4.69, 9.17) is 0 Å². The van der Waals surface area contributed by atoms with Gasteiger partial charge in [0, 0.05) is 24.2 Å². The Labute approximate surface area is 141 Å². The Morgan fingerprint density at radius 2 is 1.83 bits per heavy atom. The predicted molar refractivity (Wildman–Crippen MR) is 92.8 cm³/mol. The van der Waals surface area contributed by atoms with Crippen LogP contribution < -0.4 is 0 Å². The Bertz CT molecular complexity index is 739. The van der Waals surface area contributed by atoms with E-state index in [1.807, 2.05) is 12.1 Å². The molecule has 0 N–H and O–H groups in total. The second kappa shape index (κ2) is 6.48. The lowest BCUT2D eigenvalue weighted by Crippen LogP contribution is -2.37. The van der Waals surface area contributed by atoms with Crippen molar-refractivity contribution in [1.82, 2.24) is 4.90 Å². The molecule has 3 heteroatoms. The van der Waals surface area contributed by atoms with Crippen LogP contribution in [0.25, 0.3) is 5.57 Å². The smallest absolute Gasteiger partial charge is 0.263 e. The normalized spacial score (nSPS) is 23.5. The molecule has 4 rings (SSSR count). The lowest BCUT2D eigenvalue weighted by molar-refractivity contribution is 0.151. The van der Waals surface area contributed by atoms with E-state index in [-0.39, 0.29) is 5.56 Å². The fraction of sp³-hybridized carbons (Fsp3) is 0.333. The summed E-state index contributed by atoms with van der Waals surface area (Å²) in [7, 11) is 0. The van der Waals surface area contributed by atoms with Crippen LogP contribution in [0.3, 0.4) is 0 Å². The van der Waals surface area contributed by atoms with Crippen LogP contribution in [0.4, 0.5) is 8.78 Å². The van der Waals surface area contributed by atoms with E-state index in [1.165, 1.54) is 23.6 Å². The lowest BCUT2D eigenvalue weighted by Gasteiger charge is -2.34. The van der Waals surface area contributed by atoms with Crippen molar-refractivity contribution >= 4 is 5.57 Å². The third-order valence-corrected chi connectivity index (χ3v) is 5.26. The average molecular weight is 325 g/mol. The van der Waals surface area contributed by atoms with Crippen molar-refractivity contribution in [1.29, 1.82) is 0 Å². The van der Waals surface area contributed by atoms with Crippen molar-refractivity contribution in [2.75, 3.05) is 0 Å². The molecule has 0 aliphatic carbocycles. The molecular formula is C21H21F2N. The molecule has 2 heterocycles. The summed E-state index contributed by atoms with van der Waals surface area (Å²) in [6, 6.07) is 18.4. The average Bonchev–Trinajstić information content (AvgIpc) is 2.84. The summed E-state index contributed by atoms with van der Waals surface area (Å²) in [4.78, 5) is 2.57. The summed E-state index contributed by atoms with van der Waals surface area (Å²) in [5.74, 6) is 0. The van der Waals surface area contributed by atoms with E-state index in [0.29, 0.717) is 12.1 Å². The third kappa shape index (κ3) is 3.01. The molecule has 2 atom stereocenters. The second-order valence-electron chi connectivity index (χ2n) is 6.78. The zero-order chi connectivity index (χ0) is 16.5. The molecule has 0 amide bonds. The minimum absolute atomic E-state index is 0.118. The number of halogens is 2. The zero-order valence-electron chi connectivity index (χ0n) is 13.5. The van der Waals surface area contributed by atoms with Crippen molar-refractivity contribution in [3.8, 4) is 0 Å². The first-order valence-corrected chi connectivity index (χ1v) is 8.59. The van der Waals surface area contributed by atoms with Crippen LogP contribution >= 0.6 is 0 Å². The molecular weight excluding hydrogens is 304 g/mol. The van der Waals surface area contributed by atoms with Crippen molar-refractivity contribution in [3.63, 3.8) is 0 Å². The number of benzene rings is 2. The SMILES string of the molecule is FC(F)c1cccc(C2=CC3CCC(C2)N3Cc2ccccc2)c1. The molecule has 124 valence electrons. The van der Waals surface area contributed by atoms with Gasteiger partial charge in [0.25, 0.3) is 6.43 Å². The van der Waals surface area contributed by atoms with Crippen LogP contribution in [0.1, 0.15) is 42.4 Å². The van der Waals surface area contributed by atoms with E-state index >= 15 is 0 Å². The Morgan fingerprint density at radius 3 is 2.58 bits per heavy atom. The summed E-state index contributed by atoms with van der Waals surface area (Å²) in [5.41, 5.74) is 3.65. The highest BCUT2D eigenvalue weighted by Crippen LogP contribution is 2.39. The zero-order valence-corrected chi connectivity index (χ0v) is 13.5. The van der Waals surface area contributed by atoms with Gasteiger partial charge in [0.05, 0.1) is 0 Å². The van der Waals surface area contributed by atoms with Gasteiger partial charge in [-0.3, -0.25) is 4.90 Å². The van der Waals surface area contributed by atoms with E-state index in [2.05, 4.69) is 35.2 Å². The number of rotatable bonds is 4. The summed E-state index contributed by atoms with van der Waals surface area (Å²) >= 11 is 0. The van der Waals surface area contributed by atoms with Gasteiger partial charge in [0.2, 0.25) is 0 Å². The van der Waals surface area contributed by atoms with E-state index < -0.39 is 6.43 Å². The molecule has 1 fully saturated rings. The molecule has 24 heavy (non-hydrogen) atoms. The number of alkyl halides is 2. The van der Waals surface area contributed by atoms with Crippen molar-refractivity contribution in [2.24, 2.45) is 0 Å². The minimum atomic E-state index is -2.40. The maximum Gasteiger partial charge on any atom is 0.263 e. The maximum atomic E-state index is 13.0. The first-order chi connectivity index (χ1) is 11.7. The van der Waals surface area contributed by atoms with Crippen LogP contribution in [-0.2, 0) is 6.54 Å². The molecule has 0 saturated carbocycles. The van der Waals surface area contributed by atoms with Crippen LogP contribution in [-0.4, -0.2) is 17.0 Å². The van der Waals surface area contributed by atoms with Gasteiger partial charge >= 0.3 is 0 Å². The van der Waals surface area contributed by atoms with Crippen molar-refractivity contribution < 1.29 is 8.78 Å². The number of nitrogens with zero attached hydrogens (tertiary/aromatic N) is 1. The van der Waals surface area contributed by atoms with E-state index in [0.717, 1.165) is 24.9 Å². The van der Waals surface area contributed by atoms with E-state index in [9.17, 15) is 8.78 Å². The number of hydrogen-bond acceptors (Lipinski definition) is 1. The number of hydrogen-bond donors (Lipinski definition) is 0. The maximum absolute atomic E-state index is 13.0. The fourth-order valence-corrected chi connectivity index (χ4v) is 4.05. The Balaban J connectivity index is 1.57. The molecule has 2 aromatic carbocycles. The molecule has 1 saturated heterocycles. The lowest BCUT2D eigenvalue weighted by atomic mass is 9.93. The quantitative estimate of drug-likeness (QED) is 0.723. The molecule has 2 aliphatic heterocycles. The Morgan fingerprint density at radius 1 is 1.00 bits per heavy atom. The predicted octanol–water partition coefficient (Wildman–Crippen LogP) is 5.44. The first kappa shape index (κ1) is 15.5. The van der Waals surface area contributed by atoms with Crippen LogP contribution in [0.2, 0.25) is 0 Å². The summed E-state index contributed by atoms with van der Waals surface area (Å²) in [5, 5.41) is 0. The van der Waals surface area contributed by atoms with Gasteiger partial charge in [-0.25, -0.2) is 8.78 Å². The summed E-state index contributed by atoms with van der Waals surface area (Å²) < 4.78 is 25.9. The number of fused-ring (bicyclic) bond motifs is 2. The largest absolute Gasteiger partial charge is 0.289 e. The molecule has 2 aromatic rings. The first-order valence-electron chi connectivity index (χ1n) is 8.59. The topological polar surface area (TPSA) is 3.24 Å². The fourth-order valence-electron chi connectivity index (χ4n) is 4.05. The van der Waals surface area contributed by atoms with Gasteiger partial charge in [-0.2, -0.15) is 0 Å². The van der Waals surface area contributed by atoms with Gasteiger partial charge in [-0.1, -0.05) is 54.6 Å². The van der Waals surface area contributed by atoms with Crippen LogP contribution in [0, 0.1) is 0 Å². The molecule has 2 bridgehead atoms. The van der Waals surface area contributed by atoms with Gasteiger partial charge in [0.15, 0.2) is 0 Å². The Hall–Kier alpha value is -2.00. The Kier molecular flexibility index (Phi) is 4.19. The van der Waals surface area contributed by atoms with Gasteiger partial charge < -0.3 is 0 Å². The minimum Gasteiger partial charge on any atom is -0.289 e. The molecule has 1 nitrogen and oxygen atoms in total. The molecule has 2 aliphatic rings. The second-order valence-corrected chi connectivity index (χ2v) is 6.78. The highest BCUT2D eigenvalue weighted by Gasteiger charge is 2.36. The molecule has 0 aromatic heterocycles. The van der Waals surface area contributed by atoms with Gasteiger partial charge in [0.1, 0.15) is 0 Å². The van der Waals surface area contributed by atoms with Gasteiger partial charge in [-0.05, 0) is 42.0 Å². The summed E-state index contributed by atoms with van der Waals surface area (Å²) in [6.45, 7) is 0.969. The van der Waals surface area contributed by atoms with Crippen molar-refractivity contribution in [2.45, 2.75) is 44.3 Å². The molecule has 2 unspecified atom stereocenters.